The van der Waals surface area contributed by atoms with Crippen LogP contribution in [-0.4, -0.2) is 53.9 Å². The smallest absolute Gasteiger partial charge is 0.221 e. The molecule has 0 aliphatic carbocycles. The highest BCUT2D eigenvalue weighted by Crippen LogP contribution is 2.18. The summed E-state index contributed by atoms with van der Waals surface area (Å²) >= 11 is 0. The normalized spacial score (nSPS) is 17.7. The van der Waals surface area contributed by atoms with Gasteiger partial charge in [0.05, 0.1) is 26.0 Å². The zero-order chi connectivity index (χ0) is 19.2. The number of rotatable bonds is 7. The van der Waals surface area contributed by atoms with Gasteiger partial charge >= 0.3 is 0 Å². The number of amides is 1. The van der Waals surface area contributed by atoms with Crippen LogP contribution in [0.5, 0.6) is 5.75 Å². The highest BCUT2D eigenvalue weighted by molar-refractivity contribution is 5.76. The first-order valence-electron chi connectivity index (χ1n) is 9.28. The monoisotopic (exact) mass is 372 g/mol. The van der Waals surface area contributed by atoms with Crippen molar-refractivity contribution in [2.45, 2.75) is 39.4 Å². The van der Waals surface area contributed by atoms with Gasteiger partial charge in [0.15, 0.2) is 0 Å². The van der Waals surface area contributed by atoms with Crippen LogP contribution in [0.2, 0.25) is 0 Å². The summed E-state index contributed by atoms with van der Waals surface area (Å²) in [7, 11) is 1.67. The van der Waals surface area contributed by atoms with Crippen molar-refractivity contribution in [2.24, 2.45) is 0 Å². The molecule has 1 aliphatic heterocycles. The number of aryl methyl sites for hydroxylation is 2. The minimum atomic E-state index is 0.0288. The summed E-state index contributed by atoms with van der Waals surface area (Å²) in [5, 5.41) is 10.1. The van der Waals surface area contributed by atoms with Crippen LogP contribution >= 0.6 is 0 Å². The van der Waals surface area contributed by atoms with E-state index in [-0.39, 0.29) is 11.9 Å². The highest BCUT2D eigenvalue weighted by atomic mass is 16.5. The van der Waals surface area contributed by atoms with Gasteiger partial charge in [0.1, 0.15) is 5.75 Å². The Hall–Kier alpha value is -2.38. The number of hydrogen-bond acceptors (Lipinski definition) is 5. The summed E-state index contributed by atoms with van der Waals surface area (Å²) in [6, 6.07) is 8.12. The van der Waals surface area contributed by atoms with Crippen LogP contribution in [0, 0.1) is 13.8 Å². The second-order valence-electron chi connectivity index (χ2n) is 6.94. The zero-order valence-corrected chi connectivity index (χ0v) is 16.2. The van der Waals surface area contributed by atoms with Crippen molar-refractivity contribution in [3.8, 4) is 5.75 Å². The van der Waals surface area contributed by atoms with Crippen molar-refractivity contribution in [1.29, 1.82) is 0 Å². The van der Waals surface area contributed by atoms with Crippen LogP contribution in [0.1, 0.15) is 28.9 Å². The molecule has 1 aromatic carbocycles. The Balaban J connectivity index is 1.57. The quantitative estimate of drug-likeness (QED) is 0.777. The van der Waals surface area contributed by atoms with E-state index in [1.165, 1.54) is 5.56 Å². The Morgan fingerprint density at radius 3 is 3.04 bits per heavy atom. The molecular formula is C20H28N4O3. The van der Waals surface area contributed by atoms with E-state index in [4.69, 9.17) is 9.47 Å². The van der Waals surface area contributed by atoms with Crippen molar-refractivity contribution in [3.05, 3.63) is 46.8 Å². The Morgan fingerprint density at radius 2 is 2.30 bits per heavy atom. The maximum atomic E-state index is 12.5. The number of aromatic amines is 1. The van der Waals surface area contributed by atoms with E-state index in [0.29, 0.717) is 26.2 Å². The lowest BCUT2D eigenvalue weighted by molar-refractivity contribution is -0.124. The highest BCUT2D eigenvalue weighted by Gasteiger charge is 2.25. The molecule has 1 saturated heterocycles. The number of hydrogen-bond donors (Lipinski definition) is 2. The molecule has 0 spiro atoms. The number of carbonyl (C=O) groups is 1. The first-order valence-corrected chi connectivity index (χ1v) is 9.28. The number of aromatic nitrogens is 2. The van der Waals surface area contributed by atoms with Gasteiger partial charge in [-0.25, -0.2) is 0 Å². The maximum Gasteiger partial charge on any atom is 0.221 e. The summed E-state index contributed by atoms with van der Waals surface area (Å²) in [5.74, 6) is 0.877. The Morgan fingerprint density at radius 1 is 1.44 bits per heavy atom. The Kier molecular flexibility index (Phi) is 6.47. The van der Waals surface area contributed by atoms with Gasteiger partial charge in [-0.05, 0) is 31.5 Å². The van der Waals surface area contributed by atoms with Crippen LogP contribution in [-0.2, 0) is 22.6 Å². The first-order chi connectivity index (χ1) is 13.1. The standard InChI is InChI=1S/C20H28N4O3/c1-14-19(15(2)23-22-14)11-21-20(25)10-17-13-27-8-7-24(17)12-16-5-4-6-18(9-16)26-3/h4-6,9,17H,7-8,10-13H2,1-3H3,(H,21,25)(H,22,23)/t17-/m0/s1. The summed E-state index contributed by atoms with van der Waals surface area (Å²) in [4.78, 5) is 14.8. The van der Waals surface area contributed by atoms with E-state index in [0.717, 1.165) is 35.8 Å². The summed E-state index contributed by atoms with van der Waals surface area (Å²) in [6.45, 7) is 7.25. The SMILES string of the molecule is COc1cccc(CN2CCOC[C@@H]2CC(=O)NCc2c(C)n[nH]c2C)c1. The van der Waals surface area contributed by atoms with Gasteiger partial charge in [0, 0.05) is 43.4 Å². The molecule has 0 bridgehead atoms. The fraction of sp³-hybridized carbons (Fsp3) is 0.500. The lowest BCUT2D eigenvalue weighted by atomic mass is 10.1. The Bertz CT molecular complexity index is 755. The van der Waals surface area contributed by atoms with E-state index < -0.39 is 0 Å². The summed E-state index contributed by atoms with van der Waals surface area (Å²) in [5.41, 5.74) is 4.14. The topological polar surface area (TPSA) is 79.5 Å². The second-order valence-corrected chi connectivity index (χ2v) is 6.94. The van der Waals surface area contributed by atoms with Crippen LogP contribution < -0.4 is 10.1 Å². The Labute approximate surface area is 160 Å². The predicted octanol–water partition coefficient (Wildman–Crippen LogP) is 1.94. The molecule has 7 heteroatoms. The van der Waals surface area contributed by atoms with Gasteiger partial charge in [-0.3, -0.25) is 14.8 Å². The molecule has 1 aromatic heterocycles. The van der Waals surface area contributed by atoms with Crippen molar-refractivity contribution in [1.82, 2.24) is 20.4 Å². The van der Waals surface area contributed by atoms with Crippen molar-refractivity contribution < 1.29 is 14.3 Å². The third-order valence-corrected chi connectivity index (χ3v) is 5.03. The zero-order valence-electron chi connectivity index (χ0n) is 16.2. The molecule has 3 rings (SSSR count). The van der Waals surface area contributed by atoms with E-state index >= 15 is 0 Å². The molecule has 0 saturated carbocycles. The fourth-order valence-corrected chi connectivity index (χ4v) is 3.40. The molecule has 2 heterocycles. The molecule has 146 valence electrons. The van der Waals surface area contributed by atoms with E-state index in [1.54, 1.807) is 7.11 Å². The fourth-order valence-electron chi connectivity index (χ4n) is 3.40. The van der Waals surface area contributed by atoms with Gasteiger partial charge in [-0.15, -0.1) is 0 Å². The van der Waals surface area contributed by atoms with Crippen molar-refractivity contribution in [3.63, 3.8) is 0 Å². The van der Waals surface area contributed by atoms with Gasteiger partial charge in [0.25, 0.3) is 0 Å². The average Bonchev–Trinajstić information content (AvgIpc) is 2.99. The van der Waals surface area contributed by atoms with Crippen LogP contribution in [0.4, 0.5) is 0 Å². The van der Waals surface area contributed by atoms with Crippen molar-refractivity contribution >= 4 is 5.91 Å². The summed E-state index contributed by atoms with van der Waals surface area (Å²) < 4.78 is 10.9. The molecule has 1 amide bonds. The van der Waals surface area contributed by atoms with Gasteiger partial charge in [0.2, 0.25) is 5.91 Å². The van der Waals surface area contributed by atoms with Crippen LogP contribution in [0.3, 0.4) is 0 Å². The maximum absolute atomic E-state index is 12.5. The number of morpholine rings is 1. The van der Waals surface area contributed by atoms with E-state index in [9.17, 15) is 4.79 Å². The number of benzene rings is 1. The lowest BCUT2D eigenvalue weighted by Crippen LogP contribution is -2.47. The minimum absolute atomic E-state index is 0.0288. The molecular weight excluding hydrogens is 344 g/mol. The first kappa shape index (κ1) is 19.4. The molecule has 7 nitrogen and oxygen atoms in total. The minimum Gasteiger partial charge on any atom is -0.497 e. The van der Waals surface area contributed by atoms with Gasteiger partial charge in [-0.2, -0.15) is 5.10 Å². The summed E-state index contributed by atoms with van der Waals surface area (Å²) in [6.07, 6.45) is 0.417. The molecule has 27 heavy (non-hydrogen) atoms. The molecule has 0 radical (unpaired) electrons. The number of H-pyrrole nitrogens is 1. The third kappa shape index (κ3) is 5.08. The third-order valence-electron chi connectivity index (χ3n) is 5.03. The average molecular weight is 372 g/mol. The molecule has 1 atom stereocenters. The number of nitrogens with zero attached hydrogens (tertiary/aromatic N) is 2. The second kappa shape index (κ2) is 9.01. The van der Waals surface area contributed by atoms with Crippen LogP contribution in [0.15, 0.2) is 24.3 Å². The number of carbonyl (C=O) groups excluding carboxylic acids is 1. The number of nitrogens with one attached hydrogen (secondary N) is 2. The van der Waals surface area contributed by atoms with Gasteiger partial charge < -0.3 is 14.8 Å². The van der Waals surface area contributed by atoms with Crippen molar-refractivity contribution in [2.75, 3.05) is 26.9 Å². The predicted molar refractivity (Wildman–Crippen MR) is 103 cm³/mol. The van der Waals surface area contributed by atoms with E-state index in [1.807, 2.05) is 32.0 Å². The van der Waals surface area contributed by atoms with Crippen LogP contribution in [0.25, 0.3) is 0 Å². The molecule has 0 unspecified atom stereocenters. The molecule has 2 N–H and O–H groups in total. The van der Waals surface area contributed by atoms with E-state index in [2.05, 4.69) is 26.5 Å². The molecule has 2 aromatic rings. The lowest BCUT2D eigenvalue weighted by Gasteiger charge is -2.35. The number of methoxy groups -OCH3 is 1. The van der Waals surface area contributed by atoms with Gasteiger partial charge in [-0.1, -0.05) is 12.1 Å². The molecule has 1 aliphatic rings. The largest absolute Gasteiger partial charge is 0.497 e. The number of ether oxygens (including phenoxy) is 2. The molecule has 1 fully saturated rings.